The number of aryl methyl sites for hydroxylation is 3. The number of unbranched alkanes of at least 4 members (excludes halogenated alkanes) is 2. The van der Waals surface area contributed by atoms with Crippen molar-refractivity contribution in [2.45, 2.75) is 45.4 Å². The zero-order valence-corrected chi connectivity index (χ0v) is 12.4. The maximum atomic E-state index is 13.1. The van der Waals surface area contributed by atoms with Gasteiger partial charge in [0.05, 0.1) is 0 Å². The van der Waals surface area contributed by atoms with Crippen LogP contribution in [-0.2, 0) is 19.3 Å². The molecule has 1 aromatic heterocycles. The van der Waals surface area contributed by atoms with Gasteiger partial charge in [-0.1, -0.05) is 31.9 Å². The number of benzene rings is 1. The van der Waals surface area contributed by atoms with Crippen LogP contribution in [0.5, 0.6) is 0 Å². The number of pyridine rings is 1. The number of rotatable bonds is 7. The smallest absolute Gasteiger partial charge is 0.159 e. The van der Waals surface area contributed by atoms with Crippen molar-refractivity contribution in [3.05, 3.63) is 65.0 Å². The summed E-state index contributed by atoms with van der Waals surface area (Å²) in [6.45, 7) is 2.19. The van der Waals surface area contributed by atoms with Crippen molar-refractivity contribution in [2.75, 3.05) is 0 Å². The minimum absolute atomic E-state index is 0.666. The standard InChI is InChI=1S/C18H21F2N/c1-2-3-4-5-15-7-10-16(21-13-15)9-6-14-8-11-17(19)18(20)12-14/h7-8,10-13H,2-6,9H2,1H3. The average Bonchev–Trinajstić information content (AvgIpc) is 2.50. The van der Waals surface area contributed by atoms with E-state index in [0.717, 1.165) is 24.1 Å². The van der Waals surface area contributed by atoms with Crippen LogP contribution in [0.2, 0.25) is 0 Å². The molecular formula is C18H21F2N. The highest BCUT2D eigenvalue weighted by Gasteiger charge is 2.03. The molecule has 0 saturated heterocycles. The fourth-order valence-electron chi connectivity index (χ4n) is 2.30. The number of hydrogen-bond acceptors (Lipinski definition) is 1. The summed E-state index contributed by atoms with van der Waals surface area (Å²) < 4.78 is 26.0. The molecule has 0 unspecified atom stereocenters. The third kappa shape index (κ3) is 4.92. The zero-order valence-electron chi connectivity index (χ0n) is 12.4. The first-order valence-corrected chi connectivity index (χ1v) is 7.56. The second-order valence-electron chi connectivity index (χ2n) is 5.36. The number of aromatic nitrogens is 1. The summed E-state index contributed by atoms with van der Waals surface area (Å²) in [6, 6.07) is 8.20. The Morgan fingerprint density at radius 2 is 1.67 bits per heavy atom. The summed E-state index contributed by atoms with van der Waals surface area (Å²) in [7, 11) is 0. The van der Waals surface area contributed by atoms with Crippen LogP contribution in [0.4, 0.5) is 8.78 Å². The van der Waals surface area contributed by atoms with Crippen molar-refractivity contribution < 1.29 is 8.78 Å². The Kier molecular flexibility index (Phi) is 5.85. The predicted octanol–water partition coefficient (Wildman–Crippen LogP) is 4.88. The zero-order chi connectivity index (χ0) is 15.1. The van der Waals surface area contributed by atoms with E-state index in [9.17, 15) is 8.78 Å². The van der Waals surface area contributed by atoms with Crippen LogP contribution in [0, 0.1) is 11.6 Å². The third-order valence-electron chi connectivity index (χ3n) is 3.61. The summed E-state index contributed by atoms with van der Waals surface area (Å²) in [5.74, 6) is -1.58. The number of hydrogen-bond donors (Lipinski definition) is 0. The lowest BCUT2D eigenvalue weighted by molar-refractivity contribution is 0.507. The highest BCUT2D eigenvalue weighted by molar-refractivity contribution is 5.20. The molecule has 0 spiro atoms. The van der Waals surface area contributed by atoms with Crippen LogP contribution in [0.1, 0.15) is 43.0 Å². The summed E-state index contributed by atoms with van der Waals surface area (Å²) in [5.41, 5.74) is 3.04. The van der Waals surface area contributed by atoms with Gasteiger partial charge in [-0.05, 0) is 55.0 Å². The minimum atomic E-state index is -0.798. The first kappa shape index (κ1) is 15.6. The summed E-state index contributed by atoms with van der Waals surface area (Å²) in [6.07, 6.45) is 8.07. The van der Waals surface area contributed by atoms with Crippen LogP contribution in [-0.4, -0.2) is 4.98 Å². The topological polar surface area (TPSA) is 12.9 Å². The lowest BCUT2D eigenvalue weighted by atomic mass is 10.1. The van der Waals surface area contributed by atoms with Gasteiger partial charge in [0, 0.05) is 11.9 Å². The molecule has 2 aromatic rings. The Bertz CT molecular complexity index is 564. The van der Waals surface area contributed by atoms with Gasteiger partial charge in [-0.2, -0.15) is 0 Å². The van der Waals surface area contributed by atoms with Crippen molar-refractivity contribution in [1.29, 1.82) is 0 Å². The fourth-order valence-corrected chi connectivity index (χ4v) is 2.30. The molecule has 1 nitrogen and oxygen atoms in total. The van der Waals surface area contributed by atoms with E-state index in [4.69, 9.17) is 0 Å². The van der Waals surface area contributed by atoms with Crippen LogP contribution in [0.15, 0.2) is 36.5 Å². The van der Waals surface area contributed by atoms with Gasteiger partial charge in [-0.15, -0.1) is 0 Å². The van der Waals surface area contributed by atoms with Crippen molar-refractivity contribution >= 4 is 0 Å². The van der Waals surface area contributed by atoms with E-state index in [-0.39, 0.29) is 0 Å². The van der Waals surface area contributed by atoms with Crippen molar-refractivity contribution in [1.82, 2.24) is 4.98 Å². The second kappa shape index (κ2) is 7.87. The predicted molar refractivity (Wildman–Crippen MR) is 81.2 cm³/mol. The number of halogens is 2. The first-order valence-electron chi connectivity index (χ1n) is 7.56. The van der Waals surface area contributed by atoms with E-state index >= 15 is 0 Å². The summed E-state index contributed by atoms with van der Waals surface area (Å²) in [4.78, 5) is 4.44. The molecule has 0 atom stereocenters. The number of nitrogens with zero attached hydrogens (tertiary/aromatic N) is 1. The van der Waals surface area contributed by atoms with Gasteiger partial charge < -0.3 is 0 Å². The van der Waals surface area contributed by atoms with Crippen LogP contribution in [0.3, 0.4) is 0 Å². The molecule has 0 bridgehead atoms. The Hall–Kier alpha value is -1.77. The molecule has 3 heteroatoms. The van der Waals surface area contributed by atoms with E-state index in [1.54, 1.807) is 6.07 Å². The Balaban J connectivity index is 1.86. The molecule has 1 heterocycles. The van der Waals surface area contributed by atoms with Gasteiger partial charge in [0.1, 0.15) is 0 Å². The van der Waals surface area contributed by atoms with Gasteiger partial charge in [-0.25, -0.2) is 8.78 Å². The molecule has 2 rings (SSSR count). The maximum absolute atomic E-state index is 13.1. The van der Waals surface area contributed by atoms with E-state index in [2.05, 4.69) is 18.0 Å². The second-order valence-corrected chi connectivity index (χ2v) is 5.36. The van der Waals surface area contributed by atoms with Crippen molar-refractivity contribution in [2.24, 2.45) is 0 Å². The van der Waals surface area contributed by atoms with Gasteiger partial charge in [0.2, 0.25) is 0 Å². The summed E-state index contributed by atoms with van der Waals surface area (Å²) in [5, 5.41) is 0. The van der Waals surface area contributed by atoms with E-state index < -0.39 is 11.6 Å². The normalized spacial score (nSPS) is 10.8. The van der Waals surface area contributed by atoms with Crippen LogP contribution < -0.4 is 0 Å². The van der Waals surface area contributed by atoms with Gasteiger partial charge in [-0.3, -0.25) is 4.98 Å². The van der Waals surface area contributed by atoms with Crippen molar-refractivity contribution in [3.63, 3.8) is 0 Å². The summed E-state index contributed by atoms with van der Waals surface area (Å²) >= 11 is 0. The lowest BCUT2D eigenvalue weighted by Crippen LogP contribution is -1.97. The average molecular weight is 289 g/mol. The molecule has 0 aliphatic rings. The molecule has 21 heavy (non-hydrogen) atoms. The quantitative estimate of drug-likeness (QED) is 0.662. The lowest BCUT2D eigenvalue weighted by Gasteiger charge is -2.04. The maximum Gasteiger partial charge on any atom is 0.159 e. The molecule has 1 aromatic carbocycles. The Labute approximate surface area is 125 Å². The Morgan fingerprint density at radius 3 is 2.33 bits per heavy atom. The van der Waals surface area contributed by atoms with Gasteiger partial charge in [0.25, 0.3) is 0 Å². The molecular weight excluding hydrogens is 268 g/mol. The Morgan fingerprint density at radius 1 is 0.857 bits per heavy atom. The van der Waals surface area contributed by atoms with Crippen molar-refractivity contribution in [3.8, 4) is 0 Å². The highest BCUT2D eigenvalue weighted by atomic mass is 19.2. The molecule has 0 radical (unpaired) electrons. The van der Waals surface area contributed by atoms with E-state index in [1.807, 2.05) is 12.3 Å². The monoisotopic (exact) mass is 289 g/mol. The largest absolute Gasteiger partial charge is 0.261 e. The molecule has 0 fully saturated rings. The molecule has 0 aliphatic carbocycles. The molecule has 112 valence electrons. The highest BCUT2D eigenvalue weighted by Crippen LogP contribution is 2.12. The molecule has 0 aliphatic heterocycles. The minimum Gasteiger partial charge on any atom is -0.261 e. The van der Waals surface area contributed by atoms with E-state index in [1.165, 1.54) is 37.0 Å². The fraction of sp³-hybridized carbons (Fsp3) is 0.389. The molecule has 0 amide bonds. The van der Waals surface area contributed by atoms with Crippen LogP contribution in [0.25, 0.3) is 0 Å². The third-order valence-corrected chi connectivity index (χ3v) is 3.61. The first-order chi connectivity index (χ1) is 10.2. The van der Waals surface area contributed by atoms with Crippen LogP contribution >= 0.6 is 0 Å². The molecule has 0 N–H and O–H groups in total. The van der Waals surface area contributed by atoms with E-state index in [0.29, 0.717) is 6.42 Å². The van der Waals surface area contributed by atoms with Gasteiger partial charge in [0.15, 0.2) is 11.6 Å². The SMILES string of the molecule is CCCCCc1ccc(CCc2ccc(F)c(F)c2)nc1. The molecule has 0 saturated carbocycles. The van der Waals surface area contributed by atoms with Gasteiger partial charge >= 0.3 is 0 Å².